The third-order valence-electron chi connectivity index (χ3n) is 2.80. The zero-order valence-electron chi connectivity index (χ0n) is 10.4. The minimum atomic E-state index is -3.05. The van der Waals surface area contributed by atoms with Crippen LogP contribution in [0.2, 0.25) is 0 Å². The Morgan fingerprint density at radius 1 is 1.10 bits per heavy atom. The number of benzene rings is 2. The summed E-state index contributed by atoms with van der Waals surface area (Å²) in [7, 11) is 0. The van der Waals surface area contributed by atoms with Gasteiger partial charge < -0.3 is 5.32 Å². The summed E-state index contributed by atoms with van der Waals surface area (Å²) in [6.07, 6.45) is 0. The van der Waals surface area contributed by atoms with Gasteiger partial charge >= 0.3 is 0 Å². The molecule has 102 valence electrons. The van der Waals surface area contributed by atoms with Gasteiger partial charge in [-0.2, -0.15) is 14.0 Å². The van der Waals surface area contributed by atoms with Gasteiger partial charge in [-0.3, -0.25) is 0 Å². The predicted octanol–water partition coefficient (Wildman–Crippen LogP) is 3.90. The first kappa shape index (κ1) is 13.9. The van der Waals surface area contributed by atoms with E-state index >= 15 is 0 Å². The SMILES string of the molecule is N#Cc1cc(NCC(F)(F)c2ccccc2)ccc1F. The lowest BCUT2D eigenvalue weighted by Crippen LogP contribution is -2.24. The van der Waals surface area contributed by atoms with Crippen molar-refractivity contribution in [1.82, 2.24) is 0 Å². The van der Waals surface area contributed by atoms with Gasteiger partial charge in [0.1, 0.15) is 11.9 Å². The fourth-order valence-electron chi connectivity index (χ4n) is 1.72. The molecule has 0 fully saturated rings. The summed E-state index contributed by atoms with van der Waals surface area (Å²) < 4.78 is 40.9. The number of halogens is 3. The maximum absolute atomic E-state index is 13.9. The Hall–Kier alpha value is -2.48. The molecule has 0 amide bonds. The monoisotopic (exact) mass is 276 g/mol. The Balaban J connectivity index is 2.11. The van der Waals surface area contributed by atoms with Gasteiger partial charge in [-0.05, 0) is 18.2 Å². The number of hydrogen-bond donors (Lipinski definition) is 1. The summed E-state index contributed by atoms with van der Waals surface area (Å²) in [5, 5.41) is 11.2. The first-order chi connectivity index (χ1) is 9.53. The number of hydrogen-bond acceptors (Lipinski definition) is 2. The van der Waals surface area contributed by atoms with Crippen LogP contribution in [0.3, 0.4) is 0 Å². The average molecular weight is 276 g/mol. The molecule has 5 heteroatoms. The van der Waals surface area contributed by atoms with Crippen LogP contribution in [-0.2, 0) is 5.92 Å². The molecule has 0 saturated carbocycles. The molecule has 0 spiro atoms. The van der Waals surface area contributed by atoms with Gasteiger partial charge in [0.05, 0.1) is 12.1 Å². The van der Waals surface area contributed by atoms with Crippen molar-refractivity contribution in [3.63, 3.8) is 0 Å². The van der Waals surface area contributed by atoms with Crippen LogP contribution in [0.15, 0.2) is 48.5 Å². The lowest BCUT2D eigenvalue weighted by molar-refractivity contribution is 0.0106. The molecule has 0 aliphatic carbocycles. The highest BCUT2D eigenvalue weighted by molar-refractivity contribution is 5.50. The molecule has 0 atom stereocenters. The molecule has 20 heavy (non-hydrogen) atoms. The van der Waals surface area contributed by atoms with Crippen LogP contribution in [0.25, 0.3) is 0 Å². The van der Waals surface area contributed by atoms with Crippen LogP contribution in [0.1, 0.15) is 11.1 Å². The fourth-order valence-corrected chi connectivity index (χ4v) is 1.72. The average Bonchev–Trinajstić information content (AvgIpc) is 2.47. The van der Waals surface area contributed by atoms with Crippen molar-refractivity contribution in [2.24, 2.45) is 0 Å². The van der Waals surface area contributed by atoms with Crippen LogP contribution < -0.4 is 5.32 Å². The molecule has 0 unspecified atom stereocenters. The van der Waals surface area contributed by atoms with Gasteiger partial charge in [0.2, 0.25) is 0 Å². The van der Waals surface area contributed by atoms with Crippen molar-refractivity contribution in [2.75, 3.05) is 11.9 Å². The van der Waals surface area contributed by atoms with E-state index in [2.05, 4.69) is 5.32 Å². The van der Waals surface area contributed by atoms with Gasteiger partial charge in [0.25, 0.3) is 5.92 Å². The van der Waals surface area contributed by atoms with E-state index in [1.807, 2.05) is 0 Å². The molecular weight excluding hydrogens is 265 g/mol. The number of anilines is 1. The third kappa shape index (κ3) is 3.09. The number of alkyl halides is 2. The zero-order valence-corrected chi connectivity index (χ0v) is 10.4. The van der Waals surface area contributed by atoms with Crippen LogP contribution in [0, 0.1) is 17.1 Å². The second-order valence-corrected chi connectivity index (χ2v) is 4.23. The Labute approximate surface area is 114 Å². The summed E-state index contributed by atoms with van der Waals surface area (Å²) in [4.78, 5) is 0. The Bertz CT molecular complexity index is 633. The predicted molar refractivity (Wildman–Crippen MR) is 69.9 cm³/mol. The molecule has 2 aromatic rings. The summed E-state index contributed by atoms with van der Waals surface area (Å²) in [5.41, 5.74) is -0.00768. The molecular formula is C15H11F3N2. The molecule has 0 saturated heterocycles. The summed E-state index contributed by atoms with van der Waals surface area (Å²) in [6, 6.07) is 12.7. The molecule has 0 aliphatic rings. The summed E-state index contributed by atoms with van der Waals surface area (Å²) in [5.74, 6) is -3.73. The summed E-state index contributed by atoms with van der Waals surface area (Å²) in [6.45, 7) is -0.631. The normalized spacial score (nSPS) is 10.9. The molecule has 0 aromatic heterocycles. The minimum absolute atomic E-state index is 0.102. The van der Waals surface area contributed by atoms with Gasteiger partial charge in [-0.15, -0.1) is 0 Å². The Kier molecular flexibility index (Phi) is 3.94. The highest BCUT2D eigenvalue weighted by Gasteiger charge is 2.30. The van der Waals surface area contributed by atoms with Crippen molar-refractivity contribution >= 4 is 5.69 Å². The van der Waals surface area contributed by atoms with Crippen LogP contribution >= 0.6 is 0 Å². The first-order valence-corrected chi connectivity index (χ1v) is 5.90. The van der Waals surface area contributed by atoms with Crippen molar-refractivity contribution < 1.29 is 13.2 Å². The van der Waals surface area contributed by atoms with E-state index in [9.17, 15) is 13.2 Å². The lowest BCUT2D eigenvalue weighted by Gasteiger charge is -2.18. The molecule has 0 heterocycles. The highest BCUT2D eigenvalue weighted by Crippen LogP contribution is 2.28. The first-order valence-electron chi connectivity index (χ1n) is 5.90. The van der Waals surface area contributed by atoms with Crippen molar-refractivity contribution in [1.29, 1.82) is 5.26 Å². The highest BCUT2D eigenvalue weighted by atomic mass is 19.3. The van der Waals surface area contributed by atoms with Crippen molar-refractivity contribution in [3.05, 3.63) is 65.5 Å². The van der Waals surface area contributed by atoms with Gasteiger partial charge in [0.15, 0.2) is 0 Å². The number of nitrogens with zero attached hydrogens (tertiary/aromatic N) is 1. The van der Waals surface area contributed by atoms with Crippen LogP contribution in [-0.4, -0.2) is 6.54 Å². The van der Waals surface area contributed by atoms with E-state index in [0.29, 0.717) is 0 Å². The van der Waals surface area contributed by atoms with E-state index in [1.165, 1.54) is 36.4 Å². The fraction of sp³-hybridized carbons (Fsp3) is 0.133. The van der Waals surface area contributed by atoms with Gasteiger partial charge in [-0.25, -0.2) is 4.39 Å². The zero-order chi connectivity index (χ0) is 14.6. The topological polar surface area (TPSA) is 35.8 Å². The van der Waals surface area contributed by atoms with Gasteiger partial charge in [-0.1, -0.05) is 30.3 Å². The number of nitrogens with one attached hydrogen (secondary N) is 1. The van der Waals surface area contributed by atoms with Crippen LogP contribution in [0.4, 0.5) is 18.9 Å². The molecule has 2 nitrogen and oxygen atoms in total. The molecule has 0 aliphatic heterocycles. The molecule has 0 radical (unpaired) electrons. The largest absolute Gasteiger partial charge is 0.379 e. The maximum Gasteiger partial charge on any atom is 0.290 e. The number of rotatable bonds is 4. The van der Waals surface area contributed by atoms with E-state index < -0.39 is 18.3 Å². The standard InChI is InChI=1S/C15H11F3N2/c16-14-7-6-13(8-11(14)9-19)20-10-15(17,18)12-4-2-1-3-5-12/h1-8,20H,10H2. The Morgan fingerprint density at radius 2 is 1.80 bits per heavy atom. The molecule has 2 aromatic carbocycles. The van der Waals surface area contributed by atoms with E-state index in [1.54, 1.807) is 12.1 Å². The second-order valence-electron chi connectivity index (χ2n) is 4.23. The lowest BCUT2D eigenvalue weighted by atomic mass is 10.1. The van der Waals surface area contributed by atoms with E-state index in [-0.39, 0.29) is 16.8 Å². The van der Waals surface area contributed by atoms with Crippen molar-refractivity contribution in [3.8, 4) is 6.07 Å². The molecule has 2 rings (SSSR count). The maximum atomic E-state index is 13.9. The molecule has 0 bridgehead atoms. The quantitative estimate of drug-likeness (QED) is 0.919. The molecule has 1 N–H and O–H groups in total. The minimum Gasteiger partial charge on any atom is -0.379 e. The number of nitriles is 1. The van der Waals surface area contributed by atoms with Crippen LogP contribution in [0.5, 0.6) is 0 Å². The van der Waals surface area contributed by atoms with E-state index in [4.69, 9.17) is 5.26 Å². The van der Waals surface area contributed by atoms with Crippen molar-refractivity contribution in [2.45, 2.75) is 5.92 Å². The second kappa shape index (κ2) is 5.66. The third-order valence-corrected chi connectivity index (χ3v) is 2.80. The Morgan fingerprint density at radius 3 is 2.45 bits per heavy atom. The van der Waals surface area contributed by atoms with E-state index in [0.717, 1.165) is 6.07 Å². The van der Waals surface area contributed by atoms with Gasteiger partial charge in [0, 0.05) is 11.3 Å². The smallest absolute Gasteiger partial charge is 0.290 e. The summed E-state index contributed by atoms with van der Waals surface area (Å²) >= 11 is 0.